The first kappa shape index (κ1) is 27.3. The van der Waals surface area contributed by atoms with Gasteiger partial charge in [-0.25, -0.2) is 19.9 Å². The molecule has 9 rings (SSSR count). The first-order valence-electron chi connectivity index (χ1n) is 15.9. The van der Waals surface area contributed by atoms with E-state index in [0.29, 0.717) is 46.1 Å². The van der Waals surface area contributed by atoms with E-state index in [4.69, 9.17) is 20.4 Å². The maximum atomic E-state index is 13.7. The van der Waals surface area contributed by atoms with Crippen LogP contribution in [-0.2, 0) is 13.6 Å². The second-order valence-electron chi connectivity index (χ2n) is 13.1. The number of benzene rings is 2. The minimum atomic E-state index is -0.0503. The molecule has 3 aliphatic rings. The lowest BCUT2D eigenvalue weighted by Gasteiger charge is -2.27. The number of rotatable bonds is 6. The van der Waals surface area contributed by atoms with E-state index in [2.05, 4.69) is 31.2 Å². The Hall–Kier alpha value is -5.03. The van der Waals surface area contributed by atoms with E-state index in [0.717, 1.165) is 58.7 Å². The van der Waals surface area contributed by atoms with Gasteiger partial charge in [-0.2, -0.15) is 0 Å². The Bertz CT molecular complexity index is 2220. The molecule has 0 unspecified atom stereocenters. The Morgan fingerprint density at radius 3 is 2.65 bits per heavy atom. The average molecular weight is 615 g/mol. The molecule has 4 aromatic heterocycles. The van der Waals surface area contributed by atoms with Crippen LogP contribution in [0.3, 0.4) is 0 Å². The molecule has 2 aromatic carbocycles. The number of hydrogen-bond donors (Lipinski definition) is 2. The summed E-state index contributed by atoms with van der Waals surface area (Å²) in [5.74, 6) is 2.31. The Morgan fingerprint density at radius 2 is 1.89 bits per heavy atom. The third-order valence-corrected chi connectivity index (χ3v) is 10.3. The first-order chi connectivity index (χ1) is 22.4. The molecular formula is C35H34N8O3. The zero-order valence-corrected chi connectivity index (χ0v) is 25.7. The zero-order valence-electron chi connectivity index (χ0n) is 25.7. The monoisotopic (exact) mass is 614 g/mol. The van der Waals surface area contributed by atoms with E-state index >= 15 is 0 Å². The van der Waals surface area contributed by atoms with Gasteiger partial charge in [0.05, 0.1) is 34.9 Å². The summed E-state index contributed by atoms with van der Waals surface area (Å²) in [5.41, 5.74) is 12.7. The highest BCUT2D eigenvalue weighted by Gasteiger charge is 2.47. The van der Waals surface area contributed by atoms with Crippen LogP contribution in [0.25, 0.3) is 55.7 Å². The number of aromatic nitrogens is 6. The molecule has 2 bridgehead atoms. The molecule has 11 heteroatoms. The van der Waals surface area contributed by atoms with Crippen LogP contribution in [0.4, 0.5) is 0 Å². The summed E-state index contributed by atoms with van der Waals surface area (Å²) < 4.78 is 10.2. The minimum absolute atomic E-state index is 0.0109. The predicted octanol–water partition coefficient (Wildman–Crippen LogP) is 4.89. The average Bonchev–Trinajstić information content (AvgIpc) is 3.48. The normalized spacial score (nSPS) is 20.8. The number of imidazole rings is 1. The predicted molar refractivity (Wildman–Crippen MR) is 174 cm³/mol. The summed E-state index contributed by atoms with van der Waals surface area (Å²) in [4.78, 5) is 34.2. The molecule has 1 aliphatic heterocycles. The van der Waals surface area contributed by atoms with Crippen molar-refractivity contribution in [3.63, 3.8) is 0 Å². The zero-order chi connectivity index (χ0) is 31.3. The number of piperidine rings is 1. The number of likely N-dealkylation sites (tertiary alicyclic amines) is 1. The fraction of sp³-hybridized carbons (Fsp3) is 0.343. The fourth-order valence-corrected chi connectivity index (χ4v) is 7.69. The Morgan fingerprint density at radius 1 is 1.02 bits per heavy atom. The fourth-order valence-electron chi connectivity index (χ4n) is 7.69. The van der Waals surface area contributed by atoms with E-state index in [1.165, 1.54) is 19.2 Å². The van der Waals surface area contributed by atoms with Crippen LogP contribution in [0.1, 0.15) is 36.0 Å². The van der Waals surface area contributed by atoms with Crippen LogP contribution in [0, 0.1) is 11.8 Å². The van der Waals surface area contributed by atoms with Gasteiger partial charge in [0, 0.05) is 48.7 Å². The number of hydrogen-bond acceptors (Lipinski definition) is 8. The summed E-state index contributed by atoms with van der Waals surface area (Å²) in [6.07, 6.45) is 5.78. The highest BCUT2D eigenvalue weighted by molar-refractivity contribution is 6.00. The highest BCUT2D eigenvalue weighted by atomic mass is 16.5. The van der Waals surface area contributed by atoms with Crippen molar-refractivity contribution >= 4 is 38.9 Å². The topological polar surface area (TPSA) is 137 Å². The second kappa shape index (κ2) is 9.98. The van der Waals surface area contributed by atoms with Crippen molar-refractivity contribution in [3.8, 4) is 34.4 Å². The Kier molecular flexibility index (Phi) is 5.92. The third-order valence-electron chi connectivity index (χ3n) is 10.3. The smallest absolute Gasteiger partial charge is 0.254 e. The number of carbonyl (C=O) groups is 1. The van der Waals surface area contributed by atoms with Crippen LogP contribution < -0.4 is 10.5 Å². The number of nitrogens with zero attached hydrogens (tertiary/aromatic N) is 7. The summed E-state index contributed by atoms with van der Waals surface area (Å²) in [7, 11) is 3.63. The van der Waals surface area contributed by atoms with Crippen LogP contribution in [-0.4, -0.2) is 70.7 Å². The van der Waals surface area contributed by atoms with Gasteiger partial charge in [-0.3, -0.25) is 4.79 Å². The van der Waals surface area contributed by atoms with E-state index in [1.54, 1.807) is 7.11 Å². The number of amides is 1. The lowest BCUT2D eigenvalue weighted by atomic mass is 10.1. The number of methoxy groups -OCH3 is 1. The second-order valence-corrected chi connectivity index (χ2v) is 13.1. The van der Waals surface area contributed by atoms with Crippen molar-refractivity contribution in [2.45, 2.75) is 44.3 Å². The van der Waals surface area contributed by atoms with Gasteiger partial charge < -0.3 is 29.6 Å². The van der Waals surface area contributed by atoms with Gasteiger partial charge in [0.15, 0.2) is 5.82 Å². The maximum absolute atomic E-state index is 13.7. The summed E-state index contributed by atoms with van der Waals surface area (Å²) >= 11 is 0. The summed E-state index contributed by atoms with van der Waals surface area (Å²) in [6.45, 7) is 1.55. The van der Waals surface area contributed by atoms with Crippen molar-refractivity contribution in [2.24, 2.45) is 24.6 Å². The third kappa shape index (κ3) is 4.11. The van der Waals surface area contributed by atoms with E-state index < -0.39 is 0 Å². The molecule has 11 nitrogen and oxygen atoms in total. The molecule has 3 N–H and O–H groups in total. The highest BCUT2D eigenvalue weighted by Crippen LogP contribution is 2.40. The van der Waals surface area contributed by atoms with Crippen LogP contribution in [0.5, 0.6) is 11.6 Å². The van der Waals surface area contributed by atoms with Crippen molar-refractivity contribution < 1.29 is 14.6 Å². The molecule has 6 aromatic rings. The number of aryl methyl sites for hydroxylation is 1. The van der Waals surface area contributed by atoms with Crippen molar-refractivity contribution in [2.75, 3.05) is 13.7 Å². The number of ether oxygens (including phenoxy) is 1. The molecule has 3 atom stereocenters. The Balaban J connectivity index is 1.16. The number of carbonyl (C=O) groups excluding carboxylic acids is 1. The maximum Gasteiger partial charge on any atom is 0.254 e. The molecule has 3 fully saturated rings. The summed E-state index contributed by atoms with van der Waals surface area (Å²) in [5, 5.41) is 11.9. The molecule has 0 spiro atoms. The van der Waals surface area contributed by atoms with Gasteiger partial charge in [0.1, 0.15) is 23.2 Å². The molecule has 1 amide bonds. The van der Waals surface area contributed by atoms with Crippen LogP contribution >= 0.6 is 0 Å². The van der Waals surface area contributed by atoms with Gasteiger partial charge in [-0.1, -0.05) is 6.07 Å². The van der Waals surface area contributed by atoms with Gasteiger partial charge in [-0.15, -0.1) is 0 Å². The van der Waals surface area contributed by atoms with Crippen molar-refractivity contribution in [3.05, 3.63) is 60.4 Å². The molecule has 5 heterocycles. The van der Waals surface area contributed by atoms with E-state index in [-0.39, 0.29) is 23.9 Å². The number of fused-ring (bicyclic) bond motifs is 5. The minimum Gasteiger partial charge on any atom is -0.494 e. The molecule has 232 valence electrons. The molecule has 46 heavy (non-hydrogen) atoms. The number of nitrogens with two attached hydrogens (primary N) is 1. The van der Waals surface area contributed by atoms with E-state index in [9.17, 15) is 9.90 Å². The molecule has 1 saturated heterocycles. The number of aromatic hydroxyl groups is 1. The van der Waals surface area contributed by atoms with Gasteiger partial charge in [0.25, 0.3) is 5.91 Å². The van der Waals surface area contributed by atoms with Crippen molar-refractivity contribution in [1.29, 1.82) is 0 Å². The Labute approximate surface area is 264 Å². The van der Waals surface area contributed by atoms with Gasteiger partial charge >= 0.3 is 0 Å². The van der Waals surface area contributed by atoms with E-state index in [1.807, 2.05) is 48.3 Å². The lowest BCUT2D eigenvalue weighted by molar-refractivity contribution is 0.0700. The van der Waals surface area contributed by atoms with Crippen LogP contribution in [0.2, 0.25) is 0 Å². The first-order valence-corrected chi connectivity index (χ1v) is 15.9. The van der Waals surface area contributed by atoms with Gasteiger partial charge in [-0.05, 0) is 80.0 Å². The molecular weight excluding hydrogens is 580 g/mol. The number of pyridine rings is 1. The quantitative estimate of drug-likeness (QED) is 0.271. The van der Waals surface area contributed by atoms with Crippen molar-refractivity contribution in [1.82, 2.24) is 34.0 Å². The SMILES string of the molecule is COc1cc(C(=O)N2C[C@H]3CC[C@@H]2[C@@H]3N)cc2nc(-c3cc4ccc(-c5ccc6ncnc(O)c6c5)nc4n3CC3CC3)n(C)c12. The molecule has 0 radical (unpaired) electrons. The molecule has 2 aliphatic carbocycles. The summed E-state index contributed by atoms with van der Waals surface area (Å²) in [6, 6.07) is 15.9. The largest absolute Gasteiger partial charge is 0.494 e. The standard InChI is InChI=1S/C35H34N8O3/c1-41-31-26(12-22(14-29(31)46-2)35(45)43-16-21-7-10-27(43)30(21)36)40-33(41)28-13-20-6-8-24(39-32(20)42(28)15-18-3-4-18)19-5-9-25-23(11-19)34(44)38-17-37-25/h5-6,8-9,11-14,17-18,21,27,30H,3-4,7,10,15-16,36H2,1-2H3,(H,37,38,44)/t21-,27-,30-/m1/s1. The van der Waals surface area contributed by atoms with Crippen LogP contribution in [0.15, 0.2) is 54.9 Å². The lowest BCUT2D eigenvalue weighted by Crippen LogP contribution is -2.41. The molecule has 2 saturated carbocycles. The van der Waals surface area contributed by atoms with Gasteiger partial charge in [0.2, 0.25) is 5.88 Å².